The fraction of sp³-hybridized carbons (Fsp3) is 0.462. The van der Waals surface area contributed by atoms with E-state index in [-0.39, 0.29) is 4.90 Å². The first-order valence-electron chi connectivity index (χ1n) is 6.83. The van der Waals surface area contributed by atoms with Crippen LogP contribution in [0, 0.1) is 0 Å². The molecule has 0 radical (unpaired) electrons. The van der Waals surface area contributed by atoms with Crippen molar-refractivity contribution in [1.29, 1.82) is 0 Å². The lowest BCUT2D eigenvalue weighted by Gasteiger charge is -2.30. The zero-order valence-corrected chi connectivity index (χ0v) is 13.4. The fourth-order valence-electron chi connectivity index (χ4n) is 2.58. The summed E-state index contributed by atoms with van der Waals surface area (Å²) in [5.41, 5.74) is 0. The number of hydrogen-bond acceptors (Lipinski definition) is 5. The second-order valence-electron chi connectivity index (χ2n) is 5.00. The third-order valence-electron chi connectivity index (χ3n) is 3.53. The molecule has 22 heavy (non-hydrogen) atoms. The van der Waals surface area contributed by atoms with Gasteiger partial charge >= 0.3 is 10.2 Å². The molecule has 0 bridgehead atoms. The molecule has 0 atom stereocenters. The molecule has 1 aromatic rings. The molecule has 7 nitrogen and oxygen atoms in total. The van der Waals surface area contributed by atoms with Crippen LogP contribution in [0.15, 0.2) is 39.6 Å². The van der Waals surface area contributed by atoms with Crippen molar-refractivity contribution in [2.24, 2.45) is 4.40 Å². The minimum absolute atomic E-state index is 0.148. The summed E-state index contributed by atoms with van der Waals surface area (Å²) < 4.78 is 52.9. The van der Waals surface area contributed by atoms with Gasteiger partial charge in [-0.25, -0.2) is 13.2 Å². The minimum atomic E-state index is -4.63. The molecule has 1 aliphatic rings. The molecule has 0 N–H and O–H groups in total. The molecule has 1 fully saturated rings. The van der Waals surface area contributed by atoms with Gasteiger partial charge < -0.3 is 0 Å². The van der Waals surface area contributed by atoms with E-state index in [9.17, 15) is 21.6 Å². The van der Waals surface area contributed by atoms with Crippen LogP contribution < -0.4 is 0 Å². The second kappa shape index (κ2) is 6.70. The Kier molecular flexibility index (Phi) is 5.12. The summed E-state index contributed by atoms with van der Waals surface area (Å²) in [5.74, 6) is 0. The molecule has 0 heterocycles. The molecule has 1 aromatic carbocycles. The summed E-state index contributed by atoms with van der Waals surface area (Å²) in [6.45, 7) is 0. The van der Waals surface area contributed by atoms with Crippen molar-refractivity contribution in [2.45, 2.75) is 43.0 Å². The Morgan fingerprint density at radius 3 is 2.14 bits per heavy atom. The number of nitrogens with zero attached hydrogens (tertiary/aromatic N) is 2. The topological polar surface area (TPSA) is 101 Å². The Morgan fingerprint density at radius 1 is 1.00 bits per heavy atom. The second-order valence-corrected chi connectivity index (χ2v) is 8.51. The molecule has 2 rings (SSSR count). The lowest BCUT2D eigenvalue weighted by molar-refractivity contribution is 0.329. The number of hydrogen-bond donors (Lipinski definition) is 0. The Labute approximate surface area is 129 Å². The van der Waals surface area contributed by atoms with Crippen LogP contribution in [-0.4, -0.2) is 32.7 Å². The first-order chi connectivity index (χ1) is 10.4. The van der Waals surface area contributed by atoms with E-state index in [4.69, 9.17) is 0 Å². The lowest BCUT2D eigenvalue weighted by atomic mass is 9.96. The number of isocyanates is 1. The highest BCUT2D eigenvalue weighted by atomic mass is 32.3. The van der Waals surface area contributed by atoms with Gasteiger partial charge in [-0.15, -0.1) is 0 Å². The van der Waals surface area contributed by atoms with E-state index in [1.54, 1.807) is 6.07 Å². The maximum atomic E-state index is 12.7. The van der Waals surface area contributed by atoms with Crippen molar-refractivity contribution >= 4 is 26.3 Å². The molecule has 0 aromatic heterocycles. The van der Waals surface area contributed by atoms with Crippen LogP contribution in [0.5, 0.6) is 0 Å². The Balaban J connectivity index is 2.55. The van der Waals surface area contributed by atoms with Crippen molar-refractivity contribution in [1.82, 2.24) is 3.71 Å². The molecule has 0 aliphatic heterocycles. The van der Waals surface area contributed by atoms with Gasteiger partial charge in [-0.05, 0) is 25.0 Å². The summed E-state index contributed by atoms with van der Waals surface area (Å²) in [6.07, 6.45) is 4.14. The summed E-state index contributed by atoms with van der Waals surface area (Å²) in [6, 6.07) is 6.53. The molecule has 0 unspecified atom stereocenters. The zero-order valence-electron chi connectivity index (χ0n) is 11.8. The van der Waals surface area contributed by atoms with Gasteiger partial charge in [-0.3, -0.25) is 0 Å². The zero-order chi connectivity index (χ0) is 16.2. The highest BCUT2D eigenvalue weighted by molar-refractivity contribution is 8.03. The summed E-state index contributed by atoms with van der Waals surface area (Å²) >= 11 is 0. The maximum absolute atomic E-state index is 12.7. The van der Waals surface area contributed by atoms with E-state index < -0.39 is 26.3 Å². The molecule has 9 heteroatoms. The van der Waals surface area contributed by atoms with Crippen LogP contribution in [0.3, 0.4) is 0 Å². The molecule has 1 aliphatic carbocycles. The van der Waals surface area contributed by atoms with Crippen LogP contribution in [0.1, 0.15) is 32.1 Å². The SMILES string of the molecule is O=C=NS(=O)(=O)N(C1CCCCC1)S(=O)(=O)c1ccccc1. The van der Waals surface area contributed by atoms with Crippen LogP contribution >= 0.6 is 0 Å². The normalized spacial score (nSPS) is 17.1. The average Bonchev–Trinajstić information content (AvgIpc) is 2.48. The molecular weight excluding hydrogens is 328 g/mol. The van der Waals surface area contributed by atoms with Gasteiger partial charge in [-0.2, -0.15) is 8.42 Å². The fourth-order valence-corrected chi connectivity index (χ4v) is 6.01. The molecular formula is C13H16N2O5S2. The first-order valence-corrected chi connectivity index (χ1v) is 9.67. The third kappa shape index (κ3) is 3.44. The van der Waals surface area contributed by atoms with E-state index in [2.05, 4.69) is 4.40 Å². The molecule has 0 saturated heterocycles. The van der Waals surface area contributed by atoms with E-state index in [0.717, 1.165) is 25.3 Å². The van der Waals surface area contributed by atoms with Crippen LogP contribution in [0.2, 0.25) is 0 Å². The molecule has 120 valence electrons. The van der Waals surface area contributed by atoms with Crippen molar-refractivity contribution < 1.29 is 21.6 Å². The molecule has 0 spiro atoms. The summed E-state index contributed by atoms with van der Waals surface area (Å²) in [4.78, 5) is 10.2. The standard InChI is InChI=1S/C13H16N2O5S2/c16-11-14-22(19,20)15(12-7-3-1-4-8-12)21(17,18)13-9-5-2-6-10-13/h2,5-6,9-10,12H,1,3-4,7-8H2. The molecule has 0 amide bonds. The van der Waals surface area contributed by atoms with Gasteiger partial charge in [0.05, 0.1) is 4.90 Å². The largest absolute Gasteiger partial charge is 0.346 e. The highest BCUT2D eigenvalue weighted by Gasteiger charge is 2.41. The Morgan fingerprint density at radius 2 is 1.59 bits per heavy atom. The van der Waals surface area contributed by atoms with Gasteiger partial charge in [-0.1, -0.05) is 45.6 Å². The maximum Gasteiger partial charge on any atom is 0.346 e. The number of benzene rings is 1. The van der Waals surface area contributed by atoms with E-state index in [1.807, 2.05) is 0 Å². The quantitative estimate of drug-likeness (QED) is 0.596. The predicted molar refractivity (Wildman–Crippen MR) is 79.4 cm³/mol. The van der Waals surface area contributed by atoms with Crippen molar-refractivity contribution in [2.75, 3.05) is 0 Å². The van der Waals surface area contributed by atoms with E-state index in [1.165, 1.54) is 24.3 Å². The Bertz CT molecular complexity index is 762. The Hall–Kier alpha value is -1.54. The van der Waals surface area contributed by atoms with Crippen molar-refractivity contribution in [3.63, 3.8) is 0 Å². The van der Waals surface area contributed by atoms with Crippen molar-refractivity contribution in [3.8, 4) is 0 Å². The smallest absolute Gasteiger partial charge is 0.210 e. The summed E-state index contributed by atoms with van der Waals surface area (Å²) in [7, 11) is -8.94. The van der Waals surface area contributed by atoms with Crippen LogP contribution in [0.25, 0.3) is 0 Å². The highest BCUT2D eigenvalue weighted by Crippen LogP contribution is 2.30. The van der Waals surface area contributed by atoms with E-state index in [0.29, 0.717) is 16.6 Å². The van der Waals surface area contributed by atoms with Crippen LogP contribution in [-0.2, 0) is 25.0 Å². The van der Waals surface area contributed by atoms with Gasteiger partial charge in [0.2, 0.25) is 0 Å². The van der Waals surface area contributed by atoms with Gasteiger partial charge in [0.15, 0.2) is 0 Å². The third-order valence-corrected chi connectivity index (χ3v) is 7.38. The number of rotatable bonds is 5. The van der Waals surface area contributed by atoms with Gasteiger partial charge in [0.25, 0.3) is 16.1 Å². The van der Waals surface area contributed by atoms with Crippen molar-refractivity contribution in [3.05, 3.63) is 30.3 Å². The summed E-state index contributed by atoms with van der Waals surface area (Å²) in [5, 5.41) is 0. The first kappa shape index (κ1) is 16.8. The van der Waals surface area contributed by atoms with E-state index >= 15 is 0 Å². The molecule has 1 saturated carbocycles. The predicted octanol–water partition coefficient (Wildman–Crippen LogP) is 1.59. The van der Waals surface area contributed by atoms with Gasteiger partial charge in [0.1, 0.15) is 0 Å². The monoisotopic (exact) mass is 344 g/mol. The van der Waals surface area contributed by atoms with Crippen LogP contribution in [0.4, 0.5) is 0 Å². The minimum Gasteiger partial charge on any atom is -0.210 e. The van der Waals surface area contributed by atoms with Gasteiger partial charge in [0, 0.05) is 6.04 Å². The number of sulfonamides is 1. The lowest BCUT2D eigenvalue weighted by Crippen LogP contribution is -2.44. The number of carbonyl (C=O) groups excluding carboxylic acids is 1. The average molecular weight is 344 g/mol.